The van der Waals surface area contributed by atoms with Gasteiger partial charge < -0.3 is 14.0 Å². The molecule has 4 aromatic rings. The van der Waals surface area contributed by atoms with Gasteiger partial charge in [-0.05, 0) is 55.3 Å². The number of aryl methyl sites for hydroxylation is 1. The molecule has 0 bridgehead atoms. The summed E-state index contributed by atoms with van der Waals surface area (Å²) in [6.45, 7) is 4.09. The molecule has 0 fully saturated rings. The fraction of sp³-hybridized carbons (Fsp3) is 0.143. The third-order valence-corrected chi connectivity index (χ3v) is 5.69. The van der Waals surface area contributed by atoms with Gasteiger partial charge in [-0.1, -0.05) is 42.5 Å². The molecule has 0 atom stereocenters. The zero-order valence-electron chi connectivity index (χ0n) is 19.7. The van der Waals surface area contributed by atoms with E-state index in [0.29, 0.717) is 17.1 Å². The summed E-state index contributed by atoms with van der Waals surface area (Å²) >= 11 is 0. The first-order chi connectivity index (χ1) is 16.5. The molecule has 1 N–H and O–H groups in total. The highest BCUT2D eigenvalue weighted by molar-refractivity contribution is 5.95. The van der Waals surface area contributed by atoms with Crippen molar-refractivity contribution >= 4 is 12.1 Å². The monoisotopic (exact) mass is 453 g/mol. The minimum absolute atomic E-state index is 0.348. The van der Waals surface area contributed by atoms with Gasteiger partial charge in [-0.15, -0.1) is 0 Å². The molecule has 3 aromatic carbocycles. The van der Waals surface area contributed by atoms with Crippen molar-refractivity contribution in [2.24, 2.45) is 5.10 Å². The number of ether oxygens (including phenoxy) is 2. The molecule has 0 spiro atoms. The van der Waals surface area contributed by atoms with Crippen LogP contribution in [0.5, 0.6) is 11.5 Å². The lowest BCUT2D eigenvalue weighted by Gasteiger charge is -2.11. The van der Waals surface area contributed by atoms with Crippen LogP contribution in [0.2, 0.25) is 0 Å². The lowest BCUT2D eigenvalue weighted by Crippen LogP contribution is -2.17. The Hall–Kier alpha value is -4.32. The number of nitrogens with zero attached hydrogens (tertiary/aromatic N) is 2. The first kappa shape index (κ1) is 22.9. The van der Waals surface area contributed by atoms with Crippen molar-refractivity contribution in [3.63, 3.8) is 0 Å². The first-order valence-corrected chi connectivity index (χ1v) is 10.9. The second-order valence-electron chi connectivity index (χ2n) is 7.88. The van der Waals surface area contributed by atoms with Crippen LogP contribution in [-0.4, -0.2) is 30.9 Å². The normalized spacial score (nSPS) is 10.9. The summed E-state index contributed by atoms with van der Waals surface area (Å²) in [5.74, 6) is 0.726. The van der Waals surface area contributed by atoms with E-state index >= 15 is 0 Å². The standard InChI is InChI=1S/C28H27N3O3/c1-19-14-24(18-29-30-28(32)23-15-26(33-3)17-27(16-23)34-4)20(2)31(19)25-12-10-22(11-13-25)21-8-6-5-7-9-21/h5-18H,1-4H3,(H,30,32). The minimum atomic E-state index is -0.348. The number of methoxy groups -OCH3 is 2. The maximum atomic E-state index is 12.6. The van der Waals surface area contributed by atoms with Crippen LogP contribution in [0.1, 0.15) is 27.3 Å². The number of carbonyl (C=O) groups is 1. The van der Waals surface area contributed by atoms with Crippen molar-refractivity contribution in [2.45, 2.75) is 13.8 Å². The molecule has 0 aliphatic rings. The molecule has 172 valence electrons. The summed E-state index contributed by atoms with van der Waals surface area (Å²) in [4.78, 5) is 12.6. The van der Waals surface area contributed by atoms with E-state index < -0.39 is 0 Å². The first-order valence-electron chi connectivity index (χ1n) is 10.9. The molecule has 0 aliphatic carbocycles. The van der Waals surface area contributed by atoms with Crippen LogP contribution >= 0.6 is 0 Å². The predicted octanol–water partition coefficient (Wildman–Crippen LogP) is 5.54. The summed E-state index contributed by atoms with van der Waals surface area (Å²) in [5, 5.41) is 4.17. The number of hydrazone groups is 1. The molecule has 1 heterocycles. The molecule has 6 heteroatoms. The number of carbonyl (C=O) groups excluding carboxylic acids is 1. The molecular weight excluding hydrogens is 426 g/mol. The van der Waals surface area contributed by atoms with E-state index in [1.165, 1.54) is 11.1 Å². The van der Waals surface area contributed by atoms with E-state index in [-0.39, 0.29) is 5.91 Å². The van der Waals surface area contributed by atoms with Gasteiger partial charge in [0.15, 0.2) is 0 Å². The van der Waals surface area contributed by atoms with Crippen LogP contribution in [0.25, 0.3) is 16.8 Å². The van der Waals surface area contributed by atoms with E-state index in [1.807, 2.05) is 31.2 Å². The number of rotatable bonds is 7. The van der Waals surface area contributed by atoms with Crippen LogP contribution in [0.4, 0.5) is 0 Å². The van der Waals surface area contributed by atoms with Gasteiger partial charge in [0.05, 0.1) is 20.4 Å². The lowest BCUT2D eigenvalue weighted by molar-refractivity contribution is 0.0954. The zero-order valence-corrected chi connectivity index (χ0v) is 19.7. The second-order valence-corrected chi connectivity index (χ2v) is 7.88. The average molecular weight is 454 g/mol. The van der Waals surface area contributed by atoms with E-state index in [4.69, 9.17) is 9.47 Å². The van der Waals surface area contributed by atoms with E-state index in [2.05, 4.69) is 58.4 Å². The maximum Gasteiger partial charge on any atom is 0.271 e. The summed E-state index contributed by atoms with van der Waals surface area (Å²) in [5.41, 5.74) is 9.45. The third kappa shape index (κ3) is 4.86. The fourth-order valence-electron chi connectivity index (χ4n) is 3.91. The average Bonchev–Trinajstić information content (AvgIpc) is 3.16. The highest BCUT2D eigenvalue weighted by Crippen LogP contribution is 2.25. The number of hydrogen-bond donors (Lipinski definition) is 1. The highest BCUT2D eigenvalue weighted by atomic mass is 16.5. The smallest absolute Gasteiger partial charge is 0.271 e. The number of amides is 1. The number of hydrogen-bond acceptors (Lipinski definition) is 4. The molecule has 0 radical (unpaired) electrons. The van der Waals surface area contributed by atoms with Crippen molar-refractivity contribution < 1.29 is 14.3 Å². The Morgan fingerprint density at radius 3 is 2.09 bits per heavy atom. The molecule has 0 saturated carbocycles. The summed E-state index contributed by atoms with van der Waals surface area (Å²) in [7, 11) is 3.08. The Kier molecular flexibility index (Phi) is 6.78. The second kappa shape index (κ2) is 10.1. The number of benzene rings is 3. The van der Waals surface area contributed by atoms with Gasteiger partial charge in [0, 0.05) is 34.3 Å². The molecule has 1 aromatic heterocycles. The van der Waals surface area contributed by atoms with Crippen molar-refractivity contribution in [1.82, 2.24) is 9.99 Å². The zero-order chi connectivity index (χ0) is 24.1. The highest BCUT2D eigenvalue weighted by Gasteiger charge is 2.11. The van der Waals surface area contributed by atoms with Crippen LogP contribution in [0.15, 0.2) is 84.0 Å². The topological polar surface area (TPSA) is 64.8 Å². The molecule has 4 rings (SSSR count). The van der Waals surface area contributed by atoms with Crippen molar-refractivity contribution in [3.05, 3.63) is 101 Å². The van der Waals surface area contributed by atoms with Crippen LogP contribution in [0.3, 0.4) is 0 Å². The van der Waals surface area contributed by atoms with Gasteiger partial charge in [-0.25, -0.2) is 5.43 Å². The summed E-state index contributed by atoms with van der Waals surface area (Å²) in [6.07, 6.45) is 1.66. The molecule has 1 amide bonds. The van der Waals surface area contributed by atoms with E-state index in [9.17, 15) is 4.79 Å². The predicted molar refractivity (Wildman–Crippen MR) is 135 cm³/mol. The van der Waals surface area contributed by atoms with E-state index in [1.54, 1.807) is 38.6 Å². The van der Waals surface area contributed by atoms with Crippen molar-refractivity contribution in [3.8, 4) is 28.3 Å². The van der Waals surface area contributed by atoms with E-state index in [0.717, 1.165) is 22.6 Å². The third-order valence-electron chi connectivity index (χ3n) is 5.69. The van der Waals surface area contributed by atoms with Gasteiger partial charge in [0.25, 0.3) is 5.91 Å². The quantitative estimate of drug-likeness (QED) is 0.295. The van der Waals surface area contributed by atoms with Gasteiger partial charge in [0.1, 0.15) is 11.5 Å². The number of aromatic nitrogens is 1. The Morgan fingerprint density at radius 2 is 1.47 bits per heavy atom. The van der Waals surface area contributed by atoms with Crippen molar-refractivity contribution in [2.75, 3.05) is 14.2 Å². The molecule has 0 aliphatic heterocycles. The van der Waals surface area contributed by atoms with Crippen LogP contribution < -0.4 is 14.9 Å². The fourth-order valence-corrected chi connectivity index (χ4v) is 3.91. The molecular formula is C28H27N3O3. The van der Waals surface area contributed by atoms with Gasteiger partial charge in [-0.3, -0.25) is 4.79 Å². The maximum absolute atomic E-state index is 12.6. The summed E-state index contributed by atoms with van der Waals surface area (Å²) < 4.78 is 12.6. The van der Waals surface area contributed by atoms with Crippen molar-refractivity contribution in [1.29, 1.82) is 0 Å². The molecule has 6 nitrogen and oxygen atoms in total. The number of nitrogens with one attached hydrogen (secondary N) is 1. The molecule has 0 unspecified atom stereocenters. The molecule has 34 heavy (non-hydrogen) atoms. The Labute approximate surface area is 199 Å². The van der Waals surface area contributed by atoms with Gasteiger partial charge >= 0.3 is 0 Å². The SMILES string of the molecule is COc1cc(OC)cc(C(=O)NN=Cc2cc(C)n(-c3ccc(-c4ccccc4)cc3)c2C)c1. The van der Waals surface area contributed by atoms with Gasteiger partial charge in [-0.2, -0.15) is 5.10 Å². The van der Waals surface area contributed by atoms with Gasteiger partial charge in [0.2, 0.25) is 0 Å². The Morgan fingerprint density at radius 1 is 0.853 bits per heavy atom. The summed E-state index contributed by atoms with van der Waals surface area (Å²) in [6, 6.07) is 25.8. The van der Waals surface area contributed by atoms with Crippen LogP contribution in [0, 0.1) is 13.8 Å². The minimum Gasteiger partial charge on any atom is -0.497 e. The largest absolute Gasteiger partial charge is 0.497 e. The Bertz CT molecular complexity index is 1300. The van der Waals surface area contributed by atoms with Crippen LogP contribution in [-0.2, 0) is 0 Å². The lowest BCUT2D eigenvalue weighted by atomic mass is 10.1. The molecule has 0 saturated heterocycles. The Balaban J connectivity index is 1.51.